The van der Waals surface area contributed by atoms with Gasteiger partial charge in [0.05, 0.1) is 18.0 Å². The van der Waals surface area contributed by atoms with Crippen molar-refractivity contribution in [1.29, 1.82) is 0 Å². The van der Waals surface area contributed by atoms with E-state index >= 15 is 0 Å². The molecule has 0 aromatic heterocycles. The molecule has 0 aliphatic rings. The second-order valence-electron chi connectivity index (χ2n) is 2.54. The molecule has 0 aliphatic carbocycles. The smallest absolute Gasteiger partial charge is 0.0842 e. The van der Waals surface area contributed by atoms with Crippen molar-refractivity contribution in [2.75, 3.05) is 27.2 Å². The molecule has 0 saturated heterocycles. The van der Waals surface area contributed by atoms with Crippen molar-refractivity contribution in [1.82, 2.24) is 4.90 Å². The summed E-state index contributed by atoms with van der Waals surface area (Å²) in [5, 5.41) is 0. The summed E-state index contributed by atoms with van der Waals surface area (Å²) in [4.78, 5) is 2.05. The maximum absolute atomic E-state index is 9.86. The van der Waals surface area contributed by atoms with Gasteiger partial charge in [0.25, 0.3) is 0 Å². The Bertz CT molecular complexity index is 118. The van der Waals surface area contributed by atoms with Crippen LogP contribution in [0.3, 0.4) is 0 Å². The fraction of sp³-hybridized carbons (Fsp3) is 1.00. The third-order valence-electron chi connectivity index (χ3n) is 1.18. The predicted octanol–water partition coefficient (Wildman–Crippen LogP) is 0.139. The van der Waals surface area contributed by atoms with Gasteiger partial charge in [-0.05, 0) is 33.5 Å². The normalized spacial score (nSPS) is 13.8. The van der Waals surface area contributed by atoms with Crippen molar-refractivity contribution in [3.8, 4) is 0 Å². The summed E-state index contributed by atoms with van der Waals surface area (Å²) in [6, 6.07) is 0. The molecule has 0 heterocycles. The molecule has 5 heteroatoms. The Balaban J connectivity index is 2.97. The van der Waals surface area contributed by atoms with Gasteiger partial charge in [0.15, 0.2) is 0 Å². The number of hydrogen-bond donors (Lipinski definition) is 0. The Morgan fingerprint density at radius 1 is 1.45 bits per heavy atom. The zero-order valence-corrected chi connectivity index (χ0v) is 7.73. The van der Waals surface area contributed by atoms with Crippen molar-refractivity contribution in [2.24, 2.45) is 0 Å². The van der Waals surface area contributed by atoms with Crippen LogP contribution in [0, 0.1) is 0 Å². The number of rotatable bonds is 6. The van der Waals surface area contributed by atoms with Crippen molar-refractivity contribution in [3.05, 3.63) is 0 Å². The average molecular weight is 180 g/mol. The van der Waals surface area contributed by atoms with Crippen LogP contribution >= 0.6 is 0 Å². The molecule has 0 aromatic carbocycles. The third kappa shape index (κ3) is 10.0. The quantitative estimate of drug-likeness (QED) is 0.431. The molecule has 0 fully saturated rings. The molecule has 1 unspecified atom stereocenters. The zero-order chi connectivity index (χ0) is 8.69. The van der Waals surface area contributed by atoms with Gasteiger partial charge in [-0.3, -0.25) is 0 Å². The van der Waals surface area contributed by atoms with E-state index in [-0.39, 0.29) is 0 Å². The molecule has 4 nitrogen and oxygen atoms in total. The van der Waals surface area contributed by atoms with Crippen LogP contribution in [-0.4, -0.2) is 40.9 Å². The topological polar surface area (TPSA) is 52.6 Å². The SMILES string of the molecule is CN(C)CCCCOS(=O)[O-]. The fourth-order valence-electron chi connectivity index (χ4n) is 0.657. The Hall–Kier alpha value is 0.0300. The molecule has 0 radical (unpaired) electrons. The van der Waals surface area contributed by atoms with Crippen LogP contribution in [0.2, 0.25) is 0 Å². The monoisotopic (exact) mass is 180 g/mol. The first-order valence-electron chi connectivity index (χ1n) is 3.50. The largest absolute Gasteiger partial charge is 0.750 e. The number of nitrogens with zero attached hydrogens (tertiary/aromatic N) is 1. The van der Waals surface area contributed by atoms with Gasteiger partial charge < -0.3 is 13.6 Å². The van der Waals surface area contributed by atoms with Crippen LogP contribution in [0.5, 0.6) is 0 Å². The summed E-state index contributed by atoms with van der Waals surface area (Å²) in [5.74, 6) is 0. The first kappa shape index (κ1) is 11.0. The summed E-state index contributed by atoms with van der Waals surface area (Å²) in [6.45, 7) is 1.26. The molecule has 0 aliphatic heterocycles. The first-order chi connectivity index (χ1) is 5.13. The molecule has 0 bridgehead atoms. The van der Waals surface area contributed by atoms with Crippen LogP contribution in [0.4, 0.5) is 0 Å². The Morgan fingerprint density at radius 2 is 2.09 bits per heavy atom. The van der Waals surface area contributed by atoms with E-state index in [9.17, 15) is 8.76 Å². The van der Waals surface area contributed by atoms with E-state index in [0.717, 1.165) is 19.4 Å². The van der Waals surface area contributed by atoms with E-state index in [4.69, 9.17) is 0 Å². The zero-order valence-electron chi connectivity index (χ0n) is 6.91. The molecule has 11 heavy (non-hydrogen) atoms. The molecule has 0 saturated carbocycles. The molecule has 0 rings (SSSR count). The number of unbranched alkanes of at least 4 members (excludes halogenated alkanes) is 1. The van der Waals surface area contributed by atoms with Crippen LogP contribution in [-0.2, 0) is 15.5 Å². The highest BCUT2D eigenvalue weighted by molar-refractivity contribution is 7.74. The lowest BCUT2D eigenvalue weighted by Gasteiger charge is -2.09. The molecule has 0 spiro atoms. The van der Waals surface area contributed by atoms with E-state index in [1.807, 2.05) is 19.0 Å². The van der Waals surface area contributed by atoms with E-state index in [2.05, 4.69) is 4.18 Å². The van der Waals surface area contributed by atoms with Gasteiger partial charge in [0, 0.05) is 0 Å². The third-order valence-corrected chi connectivity index (χ3v) is 1.54. The van der Waals surface area contributed by atoms with Crippen LogP contribution in [0.25, 0.3) is 0 Å². The molecule has 1 atom stereocenters. The van der Waals surface area contributed by atoms with Crippen LogP contribution < -0.4 is 0 Å². The maximum Gasteiger partial charge on any atom is 0.0842 e. The van der Waals surface area contributed by atoms with Crippen molar-refractivity contribution >= 4 is 11.4 Å². The van der Waals surface area contributed by atoms with Crippen molar-refractivity contribution in [3.63, 3.8) is 0 Å². The molecule has 0 aromatic rings. The molecular formula is C6H14NO3S-. The van der Waals surface area contributed by atoms with Crippen molar-refractivity contribution in [2.45, 2.75) is 12.8 Å². The highest BCUT2D eigenvalue weighted by Gasteiger charge is 1.91. The highest BCUT2D eigenvalue weighted by atomic mass is 32.2. The van der Waals surface area contributed by atoms with Gasteiger partial charge in [-0.25, -0.2) is 4.21 Å². The molecule has 0 amide bonds. The minimum Gasteiger partial charge on any atom is -0.750 e. The lowest BCUT2D eigenvalue weighted by atomic mass is 10.3. The van der Waals surface area contributed by atoms with E-state index in [0.29, 0.717) is 6.61 Å². The van der Waals surface area contributed by atoms with Gasteiger partial charge in [-0.2, -0.15) is 0 Å². The van der Waals surface area contributed by atoms with E-state index < -0.39 is 11.4 Å². The second-order valence-corrected chi connectivity index (χ2v) is 3.18. The molecular weight excluding hydrogens is 166 g/mol. The standard InChI is InChI=1S/C6H15NO3S/c1-7(2)5-3-4-6-10-11(8)9/h3-6H2,1-2H3,(H,8,9)/p-1. The van der Waals surface area contributed by atoms with E-state index in [1.165, 1.54) is 0 Å². The lowest BCUT2D eigenvalue weighted by molar-refractivity contribution is 0.283. The Kier molecular flexibility index (Phi) is 6.74. The van der Waals surface area contributed by atoms with Crippen LogP contribution in [0.1, 0.15) is 12.8 Å². The summed E-state index contributed by atoms with van der Waals surface area (Å²) in [7, 11) is 3.96. The average Bonchev–Trinajstić information content (AvgIpc) is 1.85. The van der Waals surface area contributed by atoms with Crippen LogP contribution in [0.15, 0.2) is 0 Å². The maximum atomic E-state index is 9.86. The van der Waals surface area contributed by atoms with Gasteiger partial charge >= 0.3 is 0 Å². The second kappa shape index (κ2) is 6.72. The Labute approximate surface area is 70.0 Å². The lowest BCUT2D eigenvalue weighted by Crippen LogP contribution is -2.13. The van der Waals surface area contributed by atoms with Gasteiger partial charge in [0.2, 0.25) is 0 Å². The summed E-state index contributed by atoms with van der Waals surface area (Å²) < 4.78 is 24.0. The fourth-order valence-corrected chi connectivity index (χ4v) is 0.911. The molecule has 0 N–H and O–H groups in total. The summed E-state index contributed by atoms with van der Waals surface area (Å²) in [5.41, 5.74) is 0. The van der Waals surface area contributed by atoms with Gasteiger partial charge in [-0.15, -0.1) is 0 Å². The summed E-state index contributed by atoms with van der Waals surface area (Å²) >= 11 is -2.34. The highest BCUT2D eigenvalue weighted by Crippen LogP contribution is 1.92. The first-order valence-corrected chi connectivity index (χ1v) is 4.50. The van der Waals surface area contributed by atoms with Gasteiger partial charge in [0.1, 0.15) is 0 Å². The van der Waals surface area contributed by atoms with Gasteiger partial charge in [-0.1, -0.05) is 0 Å². The minimum atomic E-state index is -2.34. The molecule has 68 valence electrons. The van der Waals surface area contributed by atoms with Crippen molar-refractivity contribution < 1.29 is 12.9 Å². The van der Waals surface area contributed by atoms with E-state index in [1.54, 1.807) is 0 Å². The Morgan fingerprint density at radius 3 is 2.55 bits per heavy atom. The number of hydrogen-bond acceptors (Lipinski definition) is 4. The summed E-state index contributed by atoms with van der Waals surface area (Å²) in [6.07, 6.45) is 1.75. The minimum absolute atomic E-state index is 0.296. The predicted molar refractivity (Wildman–Crippen MR) is 42.7 cm³/mol.